The van der Waals surface area contributed by atoms with Gasteiger partial charge < -0.3 is 10.0 Å². The van der Waals surface area contributed by atoms with E-state index in [-0.39, 0.29) is 18.7 Å². The molecule has 0 saturated heterocycles. The quantitative estimate of drug-likeness (QED) is 0.833. The maximum absolute atomic E-state index is 11.7. The minimum Gasteiger partial charge on any atom is -0.481 e. The standard InChI is InChI=1S/C11H16N2O3S/c1-8-12-9(7-17-8)6-10(14)13(2)5-3-4-11(15)16/h7H,3-6H2,1-2H3,(H,15,16). The Kier molecular flexibility index (Phi) is 5.09. The SMILES string of the molecule is Cc1nc(CC(=O)N(C)CCCC(=O)O)cs1. The molecule has 17 heavy (non-hydrogen) atoms. The Morgan fingerprint density at radius 2 is 2.24 bits per heavy atom. The topological polar surface area (TPSA) is 70.5 Å². The van der Waals surface area contributed by atoms with E-state index in [1.165, 1.54) is 11.3 Å². The lowest BCUT2D eigenvalue weighted by Gasteiger charge is -2.15. The van der Waals surface area contributed by atoms with Gasteiger partial charge in [-0.05, 0) is 13.3 Å². The average molecular weight is 256 g/mol. The van der Waals surface area contributed by atoms with Crippen LogP contribution in [0.4, 0.5) is 0 Å². The molecule has 0 aliphatic rings. The third-order valence-corrected chi connectivity index (χ3v) is 3.13. The second-order valence-electron chi connectivity index (χ2n) is 3.85. The smallest absolute Gasteiger partial charge is 0.303 e. The molecule has 1 rings (SSSR count). The van der Waals surface area contributed by atoms with Crippen molar-refractivity contribution in [1.29, 1.82) is 0 Å². The molecule has 1 amide bonds. The van der Waals surface area contributed by atoms with Crippen LogP contribution < -0.4 is 0 Å². The lowest BCUT2D eigenvalue weighted by atomic mass is 10.2. The fraction of sp³-hybridized carbons (Fsp3) is 0.545. The summed E-state index contributed by atoms with van der Waals surface area (Å²) in [4.78, 5) is 27.8. The maximum Gasteiger partial charge on any atom is 0.303 e. The molecule has 0 atom stereocenters. The van der Waals surface area contributed by atoms with Gasteiger partial charge in [-0.15, -0.1) is 11.3 Å². The molecule has 1 heterocycles. The summed E-state index contributed by atoms with van der Waals surface area (Å²) in [5.74, 6) is -0.860. The largest absolute Gasteiger partial charge is 0.481 e. The number of amides is 1. The van der Waals surface area contributed by atoms with E-state index >= 15 is 0 Å². The zero-order valence-electron chi connectivity index (χ0n) is 9.97. The van der Waals surface area contributed by atoms with Gasteiger partial charge in [-0.2, -0.15) is 0 Å². The molecule has 0 aliphatic heterocycles. The number of hydrogen-bond donors (Lipinski definition) is 1. The molecule has 0 unspecified atom stereocenters. The normalized spacial score (nSPS) is 10.2. The van der Waals surface area contributed by atoms with E-state index in [4.69, 9.17) is 5.11 Å². The molecular formula is C11H16N2O3S. The number of aliphatic carboxylic acids is 1. The summed E-state index contributed by atoms with van der Waals surface area (Å²) >= 11 is 1.52. The van der Waals surface area contributed by atoms with Crippen LogP contribution in [-0.2, 0) is 16.0 Å². The number of carboxylic acid groups (broad SMARTS) is 1. The Labute approximate surface area is 104 Å². The third-order valence-electron chi connectivity index (χ3n) is 2.31. The highest BCUT2D eigenvalue weighted by atomic mass is 32.1. The molecule has 94 valence electrons. The van der Waals surface area contributed by atoms with Gasteiger partial charge in [0.15, 0.2) is 0 Å². The number of hydrogen-bond acceptors (Lipinski definition) is 4. The van der Waals surface area contributed by atoms with Crippen LogP contribution in [0.1, 0.15) is 23.5 Å². The Bertz CT molecular complexity index is 403. The van der Waals surface area contributed by atoms with Crippen molar-refractivity contribution in [3.8, 4) is 0 Å². The van der Waals surface area contributed by atoms with Gasteiger partial charge >= 0.3 is 5.97 Å². The molecular weight excluding hydrogens is 240 g/mol. The minimum absolute atomic E-state index is 0.0271. The Balaban J connectivity index is 2.34. The number of likely N-dealkylation sites (N-methyl/N-ethyl adjacent to an activating group) is 1. The van der Waals surface area contributed by atoms with Gasteiger partial charge in [0.25, 0.3) is 0 Å². The summed E-state index contributed by atoms with van der Waals surface area (Å²) in [6, 6.07) is 0. The van der Waals surface area contributed by atoms with Crippen molar-refractivity contribution in [1.82, 2.24) is 9.88 Å². The van der Waals surface area contributed by atoms with Gasteiger partial charge in [-0.1, -0.05) is 0 Å². The number of carboxylic acids is 1. The Morgan fingerprint density at radius 3 is 2.76 bits per heavy atom. The zero-order valence-corrected chi connectivity index (χ0v) is 10.8. The van der Waals surface area contributed by atoms with Gasteiger partial charge in [-0.25, -0.2) is 4.98 Å². The minimum atomic E-state index is -0.832. The van der Waals surface area contributed by atoms with E-state index in [2.05, 4.69) is 4.98 Å². The molecule has 6 heteroatoms. The van der Waals surface area contributed by atoms with Crippen molar-refractivity contribution >= 4 is 23.2 Å². The first-order chi connectivity index (χ1) is 7.99. The number of carbonyl (C=O) groups excluding carboxylic acids is 1. The van der Waals surface area contributed by atoms with Crippen LogP contribution in [0.3, 0.4) is 0 Å². The molecule has 0 saturated carbocycles. The van der Waals surface area contributed by atoms with E-state index in [1.807, 2.05) is 12.3 Å². The van der Waals surface area contributed by atoms with Crippen molar-refractivity contribution in [2.24, 2.45) is 0 Å². The monoisotopic (exact) mass is 256 g/mol. The average Bonchev–Trinajstić information content (AvgIpc) is 2.63. The molecule has 0 aromatic carbocycles. The van der Waals surface area contributed by atoms with E-state index in [1.54, 1.807) is 11.9 Å². The Hall–Kier alpha value is -1.43. The van der Waals surface area contributed by atoms with E-state index < -0.39 is 5.97 Å². The second kappa shape index (κ2) is 6.34. The number of aromatic nitrogens is 1. The van der Waals surface area contributed by atoms with Crippen molar-refractivity contribution in [2.75, 3.05) is 13.6 Å². The van der Waals surface area contributed by atoms with E-state index in [9.17, 15) is 9.59 Å². The summed E-state index contributed by atoms with van der Waals surface area (Å²) in [5.41, 5.74) is 0.780. The predicted molar refractivity (Wildman–Crippen MR) is 65.1 cm³/mol. The number of aryl methyl sites for hydroxylation is 1. The van der Waals surface area contributed by atoms with Crippen LogP contribution in [0, 0.1) is 6.92 Å². The lowest BCUT2D eigenvalue weighted by molar-refractivity contribution is -0.138. The van der Waals surface area contributed by atoms with Crippen LogP contribution >= 0.6 is 11.3 Å². The molecule has 0 fully saturated rings. The van der Waals surface area contributed by atoms with Crippen molar-refractivity contribution in [2.45, 2.75) is 26.2 Å². The summed E-state index contributed by atoms with van der Waals surface area (Å²) in [5, 5.41) is 11.3. The van der Waals surface area contributed by atoms with E-state index in [0.717, 1.165) is 10.7 Å². The van der Waals surface area contributed by atoms with Crippen molar-refractivity contribution in [3.05, 3.63) is 16.1 Å². The lowest BCUT2D eigenvalue weighted by Crippen LogP contribution is -2.29. The fourth-order valence-electron chi connectivity index (χ4n) is 1.37. The highest BCUT2D eigenvalue weighted by Gasteiger charge is 2.11. The molecule has 5 nitrogen and oxygen atoms in total. The first-order valence-electron chi connectivity index (χ1n) is 5.36. The van der Waals surface area contributed by atoms with Crippen molar-refractivity contribution < 1.29 is 14.7 Å². The molecule has 1 aromatic rings. The summed E-state index contributed by atoms with van der Waals surface area (Å²) < 4.78 is 0. The summed E-state index contributed by atoms with van der Waals surface area (Å²) in [7, 11) is 1.68. The van der Waals surface area contributed by atoms with Gasteiger partial charge in [0.05, 0.1) is 17.1 Å². The highest BCUT2D eigenvalue weighted by molar-refractivity contribution is 7.09. The van der Waals surface area contributed by atoms with Gasteiger partial charge in [0.1, 0.15) is 0 Å². The van der Waals surface area contributed by atoms with Crippen LogP contribution in [0.15, 0.2) is 5.38 Å². The Morgan fingerprint density at radius 1 is 1.53 bits per heavy atom. The number of carbonyl (C=O) groups is 2. The molecule has 0 radical (unpaired) electrons. The highest BCUT2D eigenvalue weighted by Crippen LogP contribution is 2.09. The predicted octanol–water partition coefficient (Wildman–Crippen LogP) is 1.32. The maximum atomic E-state index is 11.7. The van der Waals surface area contributed by atoms with Crippen LogP contribution in [-0.4, -0.2) is 40.5 Å². The van der Waals surface area contributed by atoms with Gasteiger partial charge in [-0.3, -0.25) is 9.59 Å². The first-order valence-corrected chi connectivity index (χ1v) is 6.23. The van der Waals surface area contributed by atoms with Crippen LogP contribution in [0.2, 0.25) is 0 Å². The van der Waals surface area contributed by atoms with Crippen LogP contribution in [0.5, 0.6) is 0 Å². The molecule has 0 aliphatic carbocycles. The number of rotatable bonds is 6. The van der Waals surface area contributed by atoms with Gasteiger partial charge in [0.2, 0.25) is 5.91 Å². The fourth-order valence-corrected chi connectivity index (χ4v) is 1.98. The second-order valence-corrected chi connectivity index (χ2v) is 4.91. The molecule has 1 N–H and O–H groups in total. The van der Waals surface area contributed by atoms with Crippen molar-refractivity contribution in [3.63, 3.8) is 0 Å². The molecule has 0 bridgehead atoms. The van der Waals surface area contributed by atoms with E-state index in [0.29, 0.717) is 13.0 Å². The zero-order chi connectivity index (χ0) is 12.8. The summed E-state index contributed by atoms with van der Waals surface area (Å²) in [6.07, 6.45) is 0.856. The summed E-state index contributed by atoms with van der Waals surface area (Å²) in [6.45, 7) is 2.36. The molecule has 1 aromatic heterocycles. The third kappa shape index (κ3) is 4.95. The number of nitrogens with zero attached hydrogens (tertiary/aromatic N) is 2. The van der Waals surface area contributed by atoms with Gasteiger partial charge in [0, 0.05) is 25.4 Å². The number of thiazole rings is 1. The first kappa shape index (κ1) is 13.6. The van der Waals surface area contributed by atoms with Crippen LogP contribution in [0.25, 0.3) is 0 Å². The molecule has 0 spiro atoms.